The monoisotopic (exact) mass is 327 g/mol. The first-order chi connectivity index (χ1) is 11.1. The summed E-state index contributed by atoms with van der Waals surface area (Å²) in [5.74, 6) is -0.249. The maximum atomic E-state index is 12.2. The number of carbonyl (C=O) groups excluding carboxylic acids is 2. The number of carbonyl (C=O) groups is 2. The number of fused-ring (bicyclic) bond motifs is 1. The summed E-state index contributed by atoms with van der Waals surface area (Å²) in [6, 6.07) is 13.7. The van der Waals surface area contributed by atoms with Gasteiger partial charge in [0, 0.05) is 26.2 Å². The highest BCUT2D eigenvalue weighted by Crippen LogP contribution is 2.28. The van der Waals surface area contributed by atoms with Crippen LogP contribution in [0.2, 0.25) is 0 Å². The van der Waals surface area contributed by atoms with Crippen molar-refractivity contribution in [2.75, 3.05) is 19.4 Å². The second-order valence-corrected chi connectivity index (χ2v) is 6.49. The highest BCUT2D eigenvalue weighted by molar-refractivity contribution is 8.15. The molecule has 1 saturated heterocycles. The SMILES string of the molecule is CN=C1S[C@@H](CC(=O)Nc2ccc3ccccc3c2)C(=O)N1C. The maximum absolute atomic E-state index is 12.2. The van der Waals surface area contributed by atoms with Crippen molar-refractivity contribution in [3.05, 3.63) is 42.5 Å². The lowest BCUT2D eigenvalue weighted by Crippen LogP contribution is -2.30. The van der Waals surface area contributed by atoms with Crippen LogP contribution in [0, 0.1) is 0 Å². The van der Waals surface area contributed by atoms with Gasteiger partial charge >= 0.3 is 0 Å². The van der Waals surface area contributed by atoms with Crippen molar-refractivity contribution in [3.63, 3.8) is 0 Å². The van der Waals surface area contributed by atoms with Crippen LogP contribution in [0.3, 0.4) is 0 Å². The fraction of sp³-hybridized carbons (Fsp3) is 0.235. The summed E-state index contributed by atoms with van der Waals surface area (Å²) in [5.41, 5.74) is 0.738. The fourth-order valence-electron chi connectivity index (χ4n) is 2.55. The molecule has 2 amide bonds. The van der Waals surface area contributed by atoms with Gasteiger partial charge in [-0.15, -0.1) is 0 Å². The third kappa shape index (κ3) is 3.22. The number of thioether (sulfide) groups is 1. The van der Waals surface area contributed by atoms with Gasteiger partial charge in [-0.05, 0) is 22.9 Å². The van der Waals surface area contributed by atoms with Crippen LogP contribution in [0.4, 0.5) is 5.69 Å². The van der Waals surface area contributed by atoms with Crippen molar-refractivity contribution in [3.8, 4) is 0 Å². The molecular weight excluding hydrogens is 310 g/mol. The number of hydrogen-bond donors (Lipinski definition) is 1. The molecule has 0 aromatic heterocycles. The molecule has 0 unspecified atom stereocenters. The Hall–Kier alpha value is -2.34. The van der Waals surface area contributed by atoms with E-state index >= 15 is 0 Å². The van der Waals surface area contributed by atoms with E-state index in [4.69, 9.17) is 0 Å². The zero-order chi connectivity index (χ0) is 16.4. The smallest absolute Gasteiger partial charge is 0.242 e. The van der Waals surface area contributed by atoms with Gasteiger partial charge in [-0.25, -0.2) is 0 Å². The second kappa shape index (κ2) is 6.42. The van der Waals surface area contributed by atoms with Gasteiger partial charge in [0.25, 0.3) is 0 Å². The Labute approximate surface area is 138 Å². The van der Waals surface area contributed by atoms with Crippen molar-refractivity contribution in [1.29, 1.82) is 0 Å². The average molecular weight is 327 g/mol. The van der Waals surface area contributed by atoms with Crippen LogP contribution in [0.15, 0.2) is 47.5 Å². The minimum Gasteiger partial charge on any atom is -0.326 e. The quantitative estimate of drug-likeness (QED) is 0.943. The Morgan fingerprint density at radius 1 is 1.26 bits per heavy atom. The molecule has 0 radical (unpaired) electrons. The Morgan fingerprint density at radius 3 is 2.70 bits per heavy atom. The molecule has 1 heterocycles. The van der Waals surface area contributed by atoms with Crippen molar-refractivity contribution in [2.24, 2.45) is 4.99 Å². The lowest BCUT2D eigenvalue weighted by atomic mass is 10.1. The van der Waals surface area contributed by atoms with E-state index in [1.807, 2.05) is 42.5 Å². The molecule has 3 rings (SSSR count). The lowest BCUT2D eigenvalue weighted by Gasteiger charge is -2.09. The van der Waals surface area contributed by atoms with Crippen LogP contribution in [0.5, 0.6) is 0 Å². The Morgan fingerprint density at radius 2 is 2.00 bits per heavy atom. The van der Waals surface area contributed by atoms with Gasteiger partial charge in [-0.3, -0.25) is 19.5 Å². The minimum atomic E-state index is -0.404. The van der Waals surface area contributed by atoms with Gasteiger partial charge in [0.1, 0.15) is 5.25 Å². The number of benzene rings is 2. The van der Waals surface area contributed by atoms with Gasteiger partial charge < -0.3 is 5.32 Å². The first kappa shape index (κ1) is 15.6. The predicted molar refractivity (Wildman–Crippen MR) is 94.7 cm³/mol. The van der Waals surface area contributed by atoms with Crippen molar-refractivity contribution in [2.45, 2.75) is 11.7 Å². The Bertz CT molecular complexity index is 803. The summed E-state index contributed by atoms with van der Waals surface area (Å²) in [5, 5.41) is 5.30. The van der Waals surface area contributed by atoms with Crippen molar-refractivity contribution >= 4 is 45.2 Å². The van der Waals surface area contributed by atoms with Crippen LogP contribution >= 0.6 is 11.8 Å². The normalized spacial score (nSPS) is 19.6. The van der Waals surface area contributed by atoms with E-state index in [0.717, 1.165) is 16.5 Å². The van der Waals surface area contributed by atoms with Gasteiger partial charge in [0.05, 0.1) is 0 Å². The van der Waals surface area contributed by atoms with E-state index in [1.54, 1.807) is 14.1 Å². The molecular formula is C17H17N3O2S. The van der Waals surface area contributed by atoms with E-state index in [9.17, 15) is 9.59 Å². The number of aliphatic imine (C=N–C) groups is 1. The zero-order valence-electron chi connectivity index (χ0n) is 12.9. The zero-order valence-corrected chi connectivity index (χ0v) is 13.8. The molecule has 6 heteroatoms. The molecule has 23 heavy (non-hydrogen) atoms. The molecule has 5 nitrogen and oxygen atoms in total. The summed E-state index contributed by atoms with van der Waals surface area (Å²) in [6.07, 6.45) is 0.139. The molecule has 1 aliphatic heterocycles. The lowest BCUT2D eigenvalue weighted by molar-refractivity contribution is -0.127. The first-order valence-electron chi connectivity index (χ1n) is 7.28. The molecule has 0 spiro atoms. The third-order valence-electron chi connectivity index (χ3n) is 3.74. The topological polar surface area (TPSA) is 61.8 Å². The molecule has 1 N–H and O–H groups in total. The second-order valence-electron chi connectivity index (χ2n) is 5.32. The van der Waals surface area contributed by atoms with Crippen molar-refractivity contribution in [1.82, 2.24) is 4.90 Å². The Balaban J connectivity index is 1.68. The van der Waals surface area contributed by atoms with Gasteiger partial charge in [0.2, 0.25) is 11.8 Å². The summed E-state index contributed by atoms with van der Waals surface area (Å²) in [6.45, 7) is 0. The highest BCUT2D eigenvalue weighted by Gasteiger charge is 2.36. The molecule has 2 aromatic rings. The van der Waals surface area contributed by atoms with E-state index in [-0.39, 0.29) is 18.2 Å². The molecule has 2 aromatic carbocycles. The average Bonchev–Trinajstić information content (AvgIpc) is 2.82. The summed E-state index contributed by atoms with van der Waals surface area (Å²) < 4.78 is 0. The molecule has 0 aliphatic carbocycles. The molecule has 0 bridgehead atoms. The molecule has 1 fully saturated rings. The van der Waals surface area contributed by atoms with Crippen molar-refractivity contribution < 1.29 is 9.59 Å². The summed E-state index contributed by atoms with van der Waals surface area (Å²) in [4.78, 5) is 29.8. The molecule has 1 aliphatic rings. The number of amides is 2. The van der Waals surface area contributed by atoms with Gasteiger partial charge in [-0.2, -0.15) is 0 Å². The summed E-state index contributed by atoms with van der Waals surface area (Å²) >= 11 is 1.33. The predicted octanol–water partition coefficient (Wildman–Crippen LogP) is 2.73. The van der Waals surface area contributed by atoms with Crippen LogP contribution in [0.1, 0.15) is 6.42 Å². The maximum Gasteiger partial charge on any atom is 0.242 e. The van der Waals surface area contributed by atoms with E-state index in [1.165, 1.54) is 16.7 Å². The summed E-state index contributed by atoms with van der Waals surface area (Å²) in [7, 11) is 3.32. The molecule has 1 atom stereocenters. The number of hydrogen-bond acceptors (Lipinski definition) is 4. The fourth-order valence-corrected chi connectivity index (χ4v) is 3.65. The van der Waals surface area contributed by atoms with Gasteiger partial charge in [0.15, 0.2) is 5.17 Å². The standard InChI is InChI=1S/C17H17N3O2S/c1-18-17-20(2)16(22)14(23-17)10-15(21)19-13-8-7-11-5-3-4-6-12(11)9-13/h3-9,14H,10H2,1-2H3,(H,19,21)/t14-/m0/s1. The number of nitrogens with zero attached hydrogens (tertiary/aromatic N) is 2. The van der Waals surface area contributed by atoms with Crippen LogP contribution in [-0.4, -0.2) is 41.2 Å². The molecule has 118 valence electrons. The number of anilines is 1. The van der Waals surface area contributed by atoms with Crippen LogP contribution in [0.25, 0.3) is 10.8 Å². The third-order valence-corrected chi connectivity index (χ3v) is 5.06. The first-order valence-corrected chi connectivity index (χ1v) is 8.16. The van der Waals surface area contributed by atoms with Gasteiger partial charge in [-0.1, -0.05) is 42.1 Å². The largest absolute Gasteiger partial charge is 0.326 e. The number of nitrogens with one attached hydrogen (secondary N) is 1. The highest BCUT2D eigenvalue weighted by atomic mass is 32.2. The van der Waals surface area contributed by atoms with Crippen LogP contribution in [-0.2, 0) is 9.59 Å². The van der Waals surface area contributed by atoms with Crippen LogP contribution < -0.4 is 5.32 Å². The number of rotatable bonds is 3. The van der Waals surface area contributed by atoms with E-state index in [2.05, 4.69) is 10.3 Å². The Kier molecular flexibility index (Phi) is 4.34. The minimum absolute atomic E-state index is 0.0794. The molecule has 0 saturated carbocycles. The van der Waals surface area contributed by atoms with E-state index < -0.39 is 5.25 Å². The van der Waals surface area contributed by atoms with E-state index in [0.29, 0.717) is 5.17 Å². The number of amidine groups is 1.